The summed E-state index contributed by atoms with van der Waals surface area (Å²) in [7, 11) is 3.93. The summed E-state index contributed by atoms with van der Waals surface area (Å²) in [6, 6.07) is 17.2. The van der Waals surface area contributed by atoms with E-state index in [1.807, 2.05) is 12.1 Å². The molecule has 0 radical (unpaired) electrons. The monoisotopic (exact) mass is 324 g/mol. The van der Waals surface area contributed by atoms with Gasteiger partial charge in [-0.25, -0.2) is 0 Å². The molecule has 0 saturated carbocycles. The molecule has 0 unspecified atom stereocenters. The highest BCUT2D eigenvalue weighted by atomic mass is 16.5. The number of rotatable bonds is 6. The van der Waals surface area contributed by atoms with E-state index in [0.717, 1.165) is 12.2 Å². The Morgan fingerprint density at radius 1 is 0.917 bits per heavy atom. The van der Waals surface area contributed by atoms with Crippen molar-refractivity contribution in [1.29, 1.82) is 0 Å². The van der Waals surface area contributed by atoms with Crippen molar-refractivity contribution in [2.24, 2.45) is 0 Å². The minimum atomic E-state index is 0.910. The highest BCUT2D eigenvalue weighted by molar-refractivity contribution is 5.65. The van der Waals surface area contributed by atoms with Gasteiger partial charge in [0.25, 0.3) is 0 Å². The lowest BCUT2D eigenvalue weighted by molar-refractivity contribution is 0.153. The van der Waals surface area contributed by atoms with E-state index in [2.05, 4.69) is 53.2 Å². The molecule has 1 fully saturated rings. The molecule has 3 nitrogen and oxygen atoms in total. The molecule has 0 aliphatic carbocycles. The molecule has 2 aromatic carbocycles. The van der Waals surface area contributed by atoms with Crippen molar-refractivity contribution in [1.82, 2.24) is 9.80 Å². The molecular weight excluding hydrogens is 296 g/mol. The molecule has 0 atom stereocenters. The van der Waals surface area contributed by atoms with Gasteiger partial charge in [-0.05, 0) is 55.3 Å². The quantitative estimate of drug-likeness (QED) is 0.808. The van der Waals surface area contributed by atoms with Crippen LogP contribution < -0.4 is 4.74 Å². The summed E-state index contributed by atoms with van der Waals surface area (Å²) in [6.07, 6.45) is 2.37. The molecule has 128 valence electrons. The molecule has 0 spiro atoms. The average Bonchev–Trinajstić information content (AvgIpc) is 2.64. The predicted octanol–water partition coefficient (Wildman–Crippen LogP) is 3.54. The Labute approximate surface area is 145 Å². The maximum absolute atomic E-state index is 5.34. The van der Waals surface area contributed by atoms with Crippen LogP contribution in [0.15, 0.2) is 48.5 Å². The SMILES string of the molecule is COc1cccc(-c2cccc(CCCN3CCN(C)CC3)c2)c1. The van der Waals surface area contributed by atoms with Gasteiger partial charge in [0.2, 0.25) is 0 Å². The first-order chi connectivity index (χ1) is 11.7. The molecule has 0 N–H and O–H groups in total. The van der Waals surface area contributed by atoms with Crippen molar-refractivity contribution < 1.29 is 4.74 Å². The lowest BCUT2D eigenvalue weighted by Gasteiger charge is -2.32. The second kappa shape index (κ2) is 8.32. The Morgan fingerprint density at radius 3 is 2.38 bits per heavy atom. The molecule has 24 heavy (non-hydrogen) atoms. The average molecular weight is 324 g/mol. The molecule has 0 bridgehead atoms. The third kappa shape index (κ3) is 4.59. The molecule has 1 saturated heterocycles. The highest BCUT2D eigenvalue weighted by Gasteiger charge is 2.12. The Balaban J connectivity index is 1.57. The predicted molar refractivity (Wildman–Crippen MR) is 101 cm³/mol. The molecular formula is C21H28N2O. The van der Waals surface area contributed by atoms with E-state index in [0.29, 0.717) is 0 Å². The second-order valence-corrected chi connectivity index (χ2v) is 6.68. The third-order valence-electron chi connectivity index (χ3n) is 4.87. The zero-order valence-corrected chi connectivity index (χ0v) is 14.9. The van der Waals surface area contributed by atoms with Crippen LogP contribution in [-0.2, 0) is 6.42 Å². The summed E-state index contributed by atoms with van der Waals surface area (Å²) in [5.41, 5.74) is 3.91. The standard InChI is InChI=1S/C21H28N2O/c1-22-12-14-23(15-13-22)11-5-7-18-6-3-8-19(16-18)20-9-4-10-21(17-20)24-2/h3-4,6,8-10,16-17H,5,7,11-15H2,1-2H3. The van der Waals surface area contributed by atoms with E-state index in [1.54, 1.807) is 7.11 Å². The zero-order chi connectivity index (χ0) is 16.8. The van der Waals surface area contributed by atoms with Crippen molar-refractivity contribution in [2.45, 2.75) is 12.8 Å². The Morgan fingerprint density at radius 2 is 1.62 bits per heavy atom. The van der Waals surface area contributed by atoms with Gasteiger partial charge in [-0.3, -0.25) is 0 Å². The minimum absolute atomic E-state index is 0.910. The largest absolute Gasteiger partial charge is 0.497 e. The number of piperazine rings is 1. The van der Waals surface area contributed by atoms with Gasteiger partial charge in [0.05, 0.1) is 7.11 Å². The number of methoxy groups -OCH3 is 1. The van der Waals surface area contributed by atoms with Gasteiger partial charge in [-0.15, -0.1) is 0 Å². The molecule has 1 aliphatic rings. The first-order valence-electron chi connectivity index (χ1n) is 8.89. The number of ether oxygens (including phenoxy) is 1. The van der Waals surface area contributed by atoms with Gasteiger partial charge < -0.3 is 14.5 Å². The second-order valence-electron chi connectivity index (χ2n) is 6.68. The molecule has 1 heterocycles. The van der Waals surface area contributed by atoms with Crippen LogP contribution in [0.25, 0.3) is 11.1 Å². The smallest absolute Gasteiger partial charge is 0.119 e. The maximum atomic E-state index is 5.34. The number of aryl methyl sites for hydroxylation is 1. The van der Waals surface area contributed by atoms with Crippen LogP contribution in [0.4, 0.5) is 0 Å². The van der Waals surface area contributed by atoms with E-state index in [1.165, 1.54) is 55.8 Å². The molecule has 1 aliphatic heterocycles. The maximum Gasteiger partial charge on any atom is 0.119 e. The molecule has 3 heteroatoms. The van der Waals surface area contributed by atoms with Crippen LogP contribution in [0, 0.1) is 0 Å². The molecule has 0 aromatic heterocycles. The first kappa shape index (κ1) is 17.0. The van der Waals surface area contributed by atoms with Crippen molar-refractivity contribution in [3.05, 3.63) is 54.1 Å². The van der Waals surface area contributed by atoms with E-state index in [4.69, 9.17) is 4.74 Å². The summed E-state index contributed by atoms with van der Waals surface area (Å²) in [4.78, 5) is 5.00. The molecule has 2 aromatic rings. The van der Waals surface area contributed by atoms with Gasteiger partial charge >= 0.3 is 0 Å². The topological polar surface area (TPSA) is 15.7 Å². The molecule has 3 rings (SSSR count). The fraction of sp³-hybridized carbons (Fsp3) is 0.429. The van der Waals surface area contributed by atoms with Gasteiger partial charge in [0, 0.05) is 26.2 Å². The summed E-state index contributed by atoms with van der Waals surface area (Å²) in [5, 5.41) is 0. The van der Waals surface area contributed by atoms with Gasteiger partial charge in [-0.1, -0.05) is 36.4 Å². The number of benzene rings is 2. The lowest BCUT2D eigenvalue weighted by Crippen LogP contribution is -2.44. The van der Waals surface area contributed by atoms with Crippen LogP contribution >= 0.6 is 0 Å². The van der Waals surface area contributed by atoms with Crippen LogP contribution in [0.1, 0.15) is 12.0 Å². The minimum Gasteiger partial charge on any atom is -0.497 e. The summed E-state index contributed by atoms with van der Waals surface area (Å²) < 4.78 is 5.34. The van der Waals surface area contributed by atoms with Gasteiger partial charge in [0.1, 0.15) is 5.75 Å². The summed E-state index contributed by atoms with van der Waals surface area (Å²) in [6.45, 7) is 6.02. The zero-order valence-electron chi connectivity index (χ0n) is 14.9. The van der Waals surface area contributed by atoms with Crippen LogP contribution in [0.2, 0.25) is 0 Å². The van der Waals surface area contributed by atoms with E-state index in [-0.39, 0.29) is 0 Å². The highest BCUT2D eigenvalue weighted by Crippen LogP contribution is 2.24. The third-order valence-corrected chi connectivity index (χ3v) is 4.87. The Kier molecular flexibility index (Phi) is 5.89. The van der Waals surface area contributed by atoms with Crippen molar-refractivity contribution in [3.63, 3.8) is 0 Å². The number of nitrogens with zero attached hydrogens (tertiary/aromatic N) is 2. The normalized spacial score (nSPS) is 16.2. The van der Waals surface area contributed by atoms with E-state index >= 15 is 0 Å². The van der Waals surface area contributed by atoms with Crippen LogP contribution in [0.3, 0.4) is 0 Å². The van der Waals surface area contributed by atoms with Gasteiger partial charge in [-0.2, -0.15) is 0 Å². The Hall–Kier alpha value is -1.84. The van der Waals surface area contributed by atoms with Crippen LogP contribution in [0.5, 0.6) is 5.75 Å². The molecule has 0 amide bonds. The first-order valence-corrected chi connectivity index (χ1v) is 8.89. The van der Waals surface area contributed by atoms with Crippen molar-refractivity contribution in [3.8, 4) is 16.9 Å². The van der Waals surface area contributed by atoms with Crippen LogP contribution in [-0.4, -0.2) is 56.7 Å². The van der Waals surface area contributed by atoms with Crippen molar-refractivity contribution in [2.75, 3.05) is 46.9 Å². The van der Waals surface area contributed by atoms with E-state index in [9.17, 15) is 0 Å². The fourth-order valence-corrected chi connectivity index (χ4v) is 3.29. The lowest BCUT2D eigenvalue weighted by atomic mass is 10.0. The Bertz CT molecular complexity index is 648. The fourth-order valence-electron chi connectivity index (χ4n) is 3.29. The number of hydrogen-bond acceptors (Lipinski definition) is 3. The summed E-state index contributed by atoms with van der Waals surface area (Å²) >= 11 is 0. The van der Waals surface area contributed by atoms with E-state index < -0.39 is 0 Å². The van der Waals surface area contributed by atoms with Crippen molar-refractivity contribution >= 4 is 0 Å². The summed E-state index contributed by atoms with van der Waals surface area (Å²) in [5.74, 6) is 0.910. The number of likely N-dealkylation sites (N-methyl/N-ethyl adjacent to an activating group) is 1. The number of hydrogen-bond donors (Lipinski definition) is 0. The van der Waals surface area contributed by atoms with Gasteiger partial charge in [0.15, 0.2) is 0 Å².